The van der Waals surface area contributed by atoms with E-state index in [0.717, 1.165) is 5.57 Å². The number of hydrogen-bond acceptors (Lipinski definition) is 20. The number of aliphatic hydroxyl groups is 12. The molecular weight excluding hydrogens is 913 g/mol. The van der Waals surface area contributed by atoms with E-state index in [1.807, 2.05) is 6.92 Å². The zero-order valence-corrected chi connectivity index (χ0v) is 40.0. The molecule has 21 nitrogen and oxygen atoms in total. The first-order valence-corrected chi connectivity index (χ1v) is 24.7. The molecule has 21 heteroatoms. The molecule has 394 valence electrons. The van der Waals surface area contributed by atoms with E-state index in [1.54, 1.807) is 6.92 Å². The molecule has 0 radical (unpaired) electrons. The van der Waals surface area contributed by atoms with Crippen LogP contribution >= 0.6 is 0 Å². The maximum atomic E-state index is 15.3. The Morgan fingerprint density at radius 2 is 1.25 bits per heavy atom. The van der Waals surface area contributed by atoms with Crippen LogP contribution in [0.3, 0.4) is 0 Å². The highest BCUT2D eigenvalue weighted by Crippen LogP contribution is 2.76. The van der Waals surface area contributed by atoms with Gasteiger partial charge in [-0.25, -0.2) is 0 Å². The molecule has 0 aromatic rings. The lowest BCUT2D eigenvalue weighted by molar-refractivity contribution is -0.363. The molecule has 8 aliphatic rings. The topological polar surface area (TPSA) is 353 Å². The van der Waals surface area contributed by atoms with Crippen LogP contribution in [0.1, 0.15) is 98.8 Å². The van der Waals surface area contributed by atoms with Gasteiger partial charge in [-0.3, -0.25) is 9.59 Å². The summed E-state index contributed by atoms with van der Waals surface area (Å²) >= 11 is 0. The van der Waals surface area contributed by atoms with Gasteiger partial charge in [-0.1, -0.05) is 39.3 Å². The Morgan fingerprint density at radius 3 is 1.86 bits per heavy atom. The fraction of sp³-hybridized carbons (Fsp3) is 0.917. The van der Waals surface area contributed by atoms with E-state index in [4.69, 9.17) is 28.4 Å². The number of hydrogen-bond donors (Lipinski definition) is 13. The molecule has 69 heavy (non-hydrogen) atoms. The van der Waals surface area contributed by atoms with Gasteiger partial charge in [0.15, 0.2) is 12.6 Å². The molecule has 4 saturated carbocycles. The molecule has 25 atom stereocenters. The number of allylic oxidation sites excluding steroid dienone is 2. The van der Waals surface area contributed by atoms with Gasteiger partial charge in [0, 0.05) is 6.61 Å². The summed E-state index contributed by atoms with van der Waals surface area (Å²) in [7, 11) is 0. The number of rotatable bonds is 11. The van der Waals surface area contributed by atoms with Gasteiger partial charge >= 0.3 is 11.9 Å². The number of carbonyl (C=O) groups is 2. The third-order valence-electron chi connectivity index (χ3n) is 19.7. The van der Waals surface area contributed by atoms with Crippen LogP contribution in [0.2, 0.25) is 0 Å². The summed E-state index contributed by atoms with van der Waals surface area (Å²) in [6.45, 7) is 7.92. The van der Waals surface area contributed by atoms with Gasteiger partial charge in [0.25, 0.3) is 0 Å². The number of carboxylic acids is 1. The Hall–Kier alpha value is -2.00. The van der Waals surface area contributed by atoms with E-state index in [2.05, 4.69) is 26.8 Å². The van der Waals surface area contributed by atoms with E-state index < -0.39 is 163 Å². The Balaban J connectivity index is 1.10. The van der Waals surface area contributed by atoms with Crippen LogP contribution in [-0.4, -0.2) is 203 Å². The highest BCUT2D eigenvalue weighted by molar-refractivity contribution is 5.79. The Morgan fingerprint density at radius 1 is 0.652 bits per heavy atom. The summed E-state index contributed by atoms with van der Waals surface area (Å²) in [5.41, 5.74) is -3.31. The average molecular weight is 989 g/mol. The molecule has 0 bridgehead atoms. The molecule has 7 fully saturated rings. The molecule has 3 heterocycles. The number of esters is 1. The van der Waals surface area contributed by atoms with Crippen LogP contribution in [0.15, 0.2) is 11.6 Å². The molecule has 0 unspecified atom stereocenters. The summed E-state index contributed by atoms with van der Waals surface area (Å²) in [6, 6.07) is 0. The SMILES string of the molecule is C[C@@]1(CO)CC[C@]2(C(=O)O[C@H]3O[C@@H](CO[C@H]4O[C@@H](CO)[C@H](O)[C@@H](O)[C@@H]4O)[C@H](O)[C@@H](O[C@H]4O[C@@H](CO)[C@H](O)[C@@H](O)[C@@H]4O)[C@@H]3O)CC[C@]3(C)C(=CC[C@@H]4[C@@]5(C)CC[C@H](O)[C@@](C)(C(=O)O)[C@@H]5CC[C@@]43C)[C@H]2C1. The van der Waals surface area contributed by atoms with Crippen molar-refractivity contribution in [1.82, 2.24) is 0 Å². The Kier molecular flexibility index (Phi) is 14.7. The van der Waals surface area contributed by atoms with Crippen molar-refractivity contribution < 1.29 is 104 Å². The highest BCUT2D eigenvalue weighted by Gasteiger charge is 2.71. The third-order valence-corrected chi connectivity index (χ3v) is 19.7. The number of aliphatic hydroxyl groups excluding tert-OH is 12. The van der Waals surface area contributed by atoms with E-state index in [-0.39, 0.29) is 30.3 Å². The van der Waals surface area contributed by atoms with Gasteiger partial charge in [0.05, 0.1) is 36.8 Å². The quantitative estimate of drug-likeness (QED) is 0.0800. The van der Waals surface area contributed by atoms with E-state index in [9.17, 15) is 71.2 Å². The minimum absolute atomic E-state index is 0.0518. The third kappa shape index (κ3) is 8.25. The van der Waals surface area contributed by atoms with Gasteiger partial charge in [-0.2, -0.15) is 0 Å². The van der Waals surface area contributed by atoms with Crippen molar-refractivity contribution in [3.8, 4) is 0 Å². The summed E-state index contributed by atoms with van der Waals surface area (Å²) in [4.78, 5) is 28.2. The van der Waals surface area contributed by atoms with Crippen molar-refractivity contribution in [2.45, 2.75) is 197 Å². The lowest BCUT2D eigenvalue weighted by atomic mass is 9.33. The number of carboxylic acid groups (broad SMARTS) is 1. The van der Waals surface area contributed by atoms with E-state index in [0.29, 0.717) is 57.8 Å². The molecule has 0 spiro atoms. The second-order valence-corrected chi connectivity index (χ2v) is 23.1. The van der Waals surface area contributed by atoms with Crippen molar-refractivity contribution >= 4 is 11.9 Å². The van der Waals surface area contributed by atoms with Crippen LogP contribution in [-0.2, 0) is 38.0 Å². The van der Waals surface area contributed by atoms with Crippen molar-refractivity contribution in [2.75, 3.05) is 26.4 Å². The number of aliphatic carboxylic acids is 1. The first kappa shape index (κ1) is 53.3. The lowest BCUT2D eigenvalue weighted by Crippen LogP contribution is -2.67. The first-order valence-electron chi connectivity index (χ1n) is 24.7. The number of fused-ring (bicyclic) bond motifs is 7. The number of ether oxygens (including phenoxy) is 6. The monoisotopic (exact) mass is 988 g/mol. The van der Waals surface area contributed by atoms with Gasteiger partial charge in [-0.15, -0.1) is 0 Å². The van der Waals surface area contributed by atoms with Crippen LogP contribution in [0.25, 0.3) is 0 Å². The van der Waals surface area contributed by atoms with Crippen molar-refractivity contribution in [3.63, 3.8) is 0 Å². The first-order chi connectivity index (χ1) is 32.3. The molecule has 13 N–H and O–H groups in total. The molecular formula is C48H76O21. The average Bonchev–Trinajstić information content (AvgIpc) is 3.32. The van der Waals surface area contributed by atoms with Gasteiger partial charge in [0.1, 0.15) is 73.2 Å². The maximum Gasteiger partial charge on any atom is 0.315 e. The van der Waals surface area contributed by atoms with E-state index in [1.165, 1.54) is 0 Å². The molecule has 5 aliphatic carbocycles. The van der Waals surface area contributed by atoms with Gasteiger partial charge < -0.3 is 94.8 Å². The highest BCUT2D eigenvalue weighted by atomic mass is 16.8. The zero-order valence-electron chi connectivity index (χ0n) is 40.0. The van der Waals surface area contributed by atoms with Crippen LogP contribution in [0.5, 0.6) is 0 Å². The number of carbonyl (C=O) groups excluding carboxylic acids is 1. The minimum Gasteiger partial charge on any atom is -0.481 e. The van der Waals surface area contributed by atoms with Gasteiger partial charge in [0.2, 0.25) is 6.29 Å². The summed E-state index contributed by atoms with van der Waals surface area (Å²) in [5.74, 6) is -2.42. The predicted molar refractivity (Wildman–Crippen MR) is 234 cm³/mol. The minimum atomic E-state index is -2.02. The predicted octanol–water partition coefficient (Wildman–Crippen LogP) is -1.82. The second kappa shape index (κ2) is 19.0. The molecule has 3 saturated heterocycles. The fourth-order valence-electron chi connectivity index (χ4n) is 14.9. The maximum absolute atomic E-state index is 15.3. The Bertz CT molecular complexity index is 1920. The molecule has 3 aliphatic heterocycles. The summed E-state index contributed by atoms with van der Waals surface area (Å²) in [5, 5.41) is 139. The molecule has 0 aromatic carbocycles. The zero-order chi connectivity index (χ0) is 50.6. The molecule has 8 rings (SSSR count). The van der Waals surface area contributed by atoms with Crippen molar-refractivity contribution in [2.24, 2.45) is 50.2 Å². The van der Waals surface area contributed by atoms with E-state index >= 15 is 4.79 Å². The van der Waals surface area contributed by atoms with Crippen LogP contribution in [0, 0.1) is 50.2 Å². The fourth-order valence-corrected chi connectivity index (χ4v) is 14.9. The van der Waals surface area contributed by atoms with Crippen molar-refractivity contribution in [1.29, 1.82) is 0 Å². The second-order valence-electron chi connectivity index (χ2n) is 23.1. The van der Waals surface area contributed by atoms with Crippen LogP contribution < -0.4 is 0 Å². The van der Waals surface area contributed by atoms with Gasteiger partial charge in [-0.05, 0) is 111 Å². The smallest absolute Gasteiger partial charge is 0.315 e. The molecule has 0 aromatic heterocycles. The van der Waals surface area contributed by atoms with Crippen LogP contribution in [0.4, 0.5) is 0 Å². The molecule has 0 amide bonds. The normalized spacial score (nSPS) is 54.2. The Labute approximate surface area is 400 Å². The lowest BCUT2D eigenvalue weighted by Gasteiger charge is -2.71. The summed E-state index contributed by atoms with van der Waals surface area (Å²) in [6.07, 6.45) is -20.5. The van der Waals surface area contributed by atoms with Crippen molar-refractivity contribution in [3.05, 3.63) is 11.6 Å². The largest absolute Gasteiger partial charge is 0.481 e. The standard InChI is InChI=1S/C48H76O21/c1-43(20-51)12-14-48(15-13-45(3)21(22(48)16-43)6-7-26-44(2)10-9-28(52)47(5,41(61)62)27(44)8-11-46(26,45)4)42(63)69-40-36(60)37(68-39-35(59)33(57)30(54)24(18-50)66-39)31(55)25(67-40)19-64-38-34(58)32(56)29(53)23(17-49)65-38/h6,22-40,49-60H,7-20H2,1-5H3,(H,61,62)/t22-,23+,24+,25+,26-,27-,28+,29+,30+,31+,32-,33-,34+,35+,36+,37-,38+,39-,40-,43-,44-,45-,46+,47+,48+/m1/s1. The summed E-state index contributed by atoms with van der Waals surface area (Å²) < 4.78 is 34.9.